The minimum atomic E-state index is 0.112. The van der Waals surface area contributed by atoms with Crippen LogP contribution in [0, 0.1) is 5.92 Å². The van der Waals surface area contributed by atoms with Crippen LogP contribution in [0.25, 0.3) is 0 Å². The molecule has 0 aromatic heterocycles. The molecule has 0 saturated carbocycles. The van der Waals surface area contributed by atoms with E-state index >= 15 is 0 Å². The van der Waals surface area contributed by atoms with Gasteiger partial charge in [0.2, 0.25) is 0 Å². The van der Waals surface area contributed by atoms with Crippen molar-refractivity contribution in [3.8, 4) is 0 Å². The number of carbonyl (C=O) groups is 1. The van der Waals surface area contributed by atoms with E-state index in [9.17, 15) is 4.79 Å². The van der Waals surface area contributed by atoms with Gasteiger partial charge in [0.25, 0.3) is 0 Å². The predicted octanol–water partition coefficient (Wildman–Crippen LogP) is 3.03. The quantitative estimate of drug-likeness (QED) is 0.897. The molecule has 0 radical (unpaired) electrons. The Hall–Kier alpha value is -1.71. The van der Waals surface area contributed by atoms with Crippen LogP contribution in [-0.4, -0.2) is 37.1 Å². The first kappa shape index (κ1) is 14.2. The topological polar surface area (TPSA) is 44.4 Å². The molecule has 2 aliphatic rings. The number of nitrogens with one attached hydrogen (secondary N) is 2. The van der Waals surface area contributed by atoms with E-state index in [2.05, 4.69) is 41.8 Å². The van der Waals surface area contributed by atoms with Crippen molar-refractivity contribution < 1.29 is 4.79 Å². The zero-order chi connectivity index (χ0) is 14.7. The summed E-state index contributed by atoms with van der Waals surface area (Å²) < 4.78 is 0. The van der Waals surface area contributed by atoms with E-state index in [1.54, 1.807) is 0 Å². The van der Waals surface area contributed by atoms with Gasteiger partial charge < -0.3 is 15.5 Å². The summed E-state index contributed by atoms with van der Waals surface area (Å²) in [5, 5.41) is 6.52. The third kappa shape index (κ3) is 3.31. The van der Waals surface area contributed by atoms with E-state index in [1.807, 2.05) is 4.90 Å². The standard InChI is InChI=1S/C17H25N3O/c1-13-5-4-10-20(12-13)17(21)18-9-8-14-11-19-16-7-3-2-6-15(14)16/h2-3,6-7,13-14,19H,4-5,8-12H2,1H3,(H,18,21). The zero-order valence-corrected chi connectivity index (χ0v) is 12.8. The van der Waals surface area contributed by atoms with E-state index in [1.165, 1.54) is 17.7 Å². The first-order valence-electron chi connectivity index (χ1n) is 8.09. The molecular weight excluding hydrogens is 262 g/mol. The molecule has 2 heterocycles. The molecule has 0 spiro atoms. The molecule has 2 aliphatic heterocycles. The lowest BCUT2D eigenvalue weighted by Crippen LogP contribution is -2.45. The Kier molecular flexibility index (Phi) is 4.32. The second-order valence-electron chi connectivity index (χ2n) is 6.38. The normalized spacial score (nSPS) is 24.3. The van der Waals surface area contributed by atoms with E-state index < -0.39 is 0 Å². The van der Waals surface area contributed by atoms with Gasteiger partial charge in [-0.3, -0.25) is 0 Å². The number of carbonyl (C=O) groups excluding carboxylic acids is 1. The number of hydrogen-bond acceptors (Lipinski definition) is 2. The summed E-state index contributed by atoms with van der Waals surface area (Å²) in [4.78, 5) is 14.1. The second kappa shape index (κ2) is 6.37. The number of fused-ring (bicyclic) bond motifs is 1. The van der Waals surface area contributed by atoms with Crippen molar-refractivity contribution in [1.29, 1.82) is 0 Å². The van der Waals surface area contributed by atoms with Gasteiger partial charge in [0.1, 0.15) is 0 Å². The Balaban J connectivity index is 1.45. The summed E-state index contributed by atoms with van der Waals surface area (Å²) in [5.74, 6) is 1.15. The van der Waals surface area contributed by atoms with Crippen molar-refractivity contribution in [2.45, 2.75) is 32.1 Å². The van der Waals surface area contributed by atoms with E-state index in [0.29, 0.717) is 11.8 Å². The number of para-hydroxylation sites is 1. The molecular formula is C17H25N3O. The van der Waals surface area contributed by atoms with Crippen LogP contribution in [0.4, 0.5) is 10.5 Å². The lowest BCUT2D eigenvalue weighted by molar-refractivity contribution is 0.169. The fourth-order valence-corrected chi connectivity index (χ4v) is 3.45. The van der Waals surface area contributed by atoms with Gasteiger partial charge in [-0.05, 0) is 36.8 Å². The Labute approximate surface area is 126 Å². The van der Waals surface area contributed by atoms with Gasteiger partial charge in [-0.2, -0.15) is 0 Å². The second-order valence-corrected chi connectivity index (χ2v) is 6.38. The fourth-order valence-electron chi connectivity index (χ4n) is 3.45. The monoisotopic (exact) mass is 287 g/mol. The summed E-state index contributed by atoms with van der Waals surface area (Å²) >= 11 is 0. The maximum absolute atomic E-state index is 12.2. The highest BCUT2D eigenvalue weighted by Crippen LogP contribution is 2.32. The maximum Gasteiger partial charge on any atom is 0.317 e. The lowest BCUT2D eigenvalue weighted by atomic mass is 9.98. The maximum atomic E-state index is 12.2. The predicted molar refractivity (Wildman–Crippen MR) is 85.7 cm³/mol. The van der Waals surface area contributed by atoms with Crippen LogP contribution in [0.5, 0.6) is 0 Å². The van der Waals surface area contributed by atoms with Crippen LogP contribution in [0.15, 0.2) is 24.3 Å². The summed E-state index contributed by atoms with van der Waals surface area (Å²) in [7, 11) is 0. The SMILES string of the molecule is CC1CCCN(C(=O)NCCC2CNc3ccccc32)C1. The molecule has 1 saturated heterocycles. The van der Waals surface area contributed by atoms with Crippen molar-refractivity contribution in [1.82, 2.24) is 10.2 Å². The third-order valence-corrected chi connectivity index (χ3v) is 4.65. The molecule has 1 aromatic rings. The summed E-state index contributed by atoms with van der Waals surface area (Å²) in [6.07, 6.45) is 3.38. The van der Waals surface area contributed by atoms with Crippen LogP contribution >= 0.6 is 0 Å². The van der Waals surface area contributed by atoms with E-state index in [-0.39, 0.29) is 6.03 Å². The number of nitrogens with zero attached hydrogens (tertiary/aromatic N) is 1. The highest BCUT2D eigenvalue weighted by Gasteiger charge is 2.23. The van der Waals surface area contributed by atoms with Gasteiger partial charge >= 0.3 is 6.03 Å². The van der Waals surface area contributed by atoms with E-state index in [4.69, 9.17) is 0 Å². The minimum Gasteiger partial charge on any atom is -0.384 e. The molecule has 2 unspecified atom stereocenters. The smallest absolute Gasteiger partial charge is 0.317 e. The third-order valence-electron chi connectivity index (χ3n) is 4.65. The number of anilines is 1. The fraction of sp³-hybridized carbons (Fsp3) is 0.588. The molecule has 0 bridgehead atoms. The molecule has 114 valence electrons. The first-order chi connectivity index (χ1) is 10.2. The summed E-state index contributed by atoms with van der Waals surface area (Å²) in [6.45, 7) is 5.77. The lowest BCUT2D eigenvalue weighted by Gasteiger charge is -2.31. The summed E-state index contributed by atoms with van der Waals surface area (Å²) in [6, 6.07) is 8.58. The van der Waals surface area contributed by atoms with Crippen molar-refractivity contribution in [2.75, 3.05) is 31.5 Å². The molecule has 1 fully saturated rings. The van der Waals surface area contributed by atoms with Gasteiger partial charge in [-0.15, -0.1) is 0 Å². The van der Waals surface area contributed by atoms with Gasteiger partial charge in [-0.25, -0.2) is 4.79 Å². The van der Waals surface area contributed by atoms with Crippen LogP contribution in [0.1, 0.15) is 37.7 Å². The highest BCUT2D eigenvalue weighted by atomic mass is 16.2. The average Bonchev–Trinajstić information content (AvgIpc) is 2.91. The average molecular weight is 287 g/mol. The minimum absolute atomic E-state index is 0.112. The number of amides is 2. The molecule has 0 aliphatic carbocycles. The molecule has 4 nitrogen and oxygen atoms in total. The molecule has 21 heavy (non-hydrogen) atoms. The number of rotatable bonds is 3. The highest BCUT2D eigenvalue weighted by molar-refractivity contribution is 5.74. The number of hydrogen-bond donors (Lipinski definition) is 2. The van der Waals surface area contributed by atoms with Gasteiger partial charge in [0.05, 0.1) is 0 Å². The molecule has 3 rings (SSSR count). The van der Waals surface area contributed by atoms with Crippen molar-refractivity contribution >= 4 is 11.7 Å². The van der Waals surface area contributed by atoms with Crippen LogP contribution in [-0.2, 0) is 0 Å². The van der Waals surface area contributed by atoms with Crippen molar-refractivity contribution in [3.63, 3.8) is 0 Å². The Morgan fingerprint density at radius 1 is 1.43 bits per heavy atom. The number of urea groups is 1. The molecule has 2 N–H and O–H groups in total. The van der Waals surface area contributed by atoms with Crippen molar-refractivity contribution in [2.24, 2.45) is 5.92 Å². The largest absolute Gasteiger partial charge is 0.384 e. The summed E-state index contributed by atoms with van der Waals surface area (Å²) in [5.41, 5.74) is 2.64. The number of piperidine rings is 1. The van der Waals surface area contributed by atoms with Gasteiger partial charge in [0.15, 0.2) is 0 Å². The Bertz CT molecular complexity index is 503. The van der Waals surface area contributed by atoms with Crippen LogP contribution in [0.2, 0.25) is 0 Å². The molecule has 2 amide bonds. The van der Waals surface area contributed by atoms with Gasteiger partial charge in [-0.1, -0.05) is 25.1 Å². The Morgan fingerprint density at radius 3 is 3.14 bits per heavy atom. The van der Waals surface area contributed by atoms with Crippen LogP contribution in [0.3, 0.4) is 0 Å². The van der Waals surface area contributed by atoms with Crippen molar-refractivity contribution in [3.05, 3.63) is 29.8 Å². The van der Waals surface area contributed by atoms with Crippen LogP contribution < -0.4 is 10.6 Å². The van der Waals surface area contributed by atoms with Gasteiger partial charge in [0, 0.05) is 37.8 Å². The molecule has 1 aromatic carbocycles. The molecule has 2 atom stereocenters. The zero-order valence-electron chi connectivity index (χ0n) is 12.8. The Morgan fingerprint density at radius 2 is 2.29 bits per heavy atom. The number of likely N-dealkylation sites (tertiary alicyclic amines) is 1. The van der Waals surface area contributed by atoms with E-state index in [0.717, 1.165) is 39.0 Å². The number of benzene rings is 1. The first-order valence-corrected chi connectivity index (χ1v) is 8.09. The molecule has 4 heteroatoms.